The van der Waals surface area contributed by atoms with Gasteiger partial charge in [0.2, 0.25) is 11.8 Å². The Kier molecular flexibility index (Phi) is 9.03. The quantitative estimate of drug-likeness (QED) is 0.621. The predicted molar refractivity (Wildman–Crippen MR) is 133 cm³/mol. The molecular formula is C27H38N4O2. The summed E-state index contributed by atoms with van der Waals surface area (Å²) in [5.41, 5.74) is 4.78. The summed E-state index contributed by atoms with van der Waals surface area (Å²) in [6.07, 6.45) is 0.962. The molecular weight excluding hydrogens is 412 g/mol. The number of amides is 2. The van der Waals surface area contributed by atoms with E-state index in [-0.39, 0.29) is 11.8 Å². The first-order chi connectivity index (χ1) is 15.8. The zero-order valence-electron chi connectivity index (χ0n) is 20.6. The fraction of sp³-hybridized carbons (Fsp3) is 0.481. The van der Waals surface area contributed by atoms with Crippen molar-refractivity contribution in [2.24, 2.45) is 0 Å². The molecule has 1 aliphatic heterocycles. The van der Waals surface area contributed by atoms with Crippen molar-refractivity contribution in [3.05, 3.63) is 70.8 Å². The van der Waals surface area contributed by atoms with Crippen molar-refractivity contribution >= 4 is 11.8 Å². The van der Waals surface area contributed by atoms with Crippen LogP contribution in [0.3, 0.4) is 0 Å². The van der Waals surface area contributed by atoms with Gasteiger partial charge in [-0.3, -0.25) is 19.4 Å². The number of carbonyl (C=O) groups excluding carboxylic acids is 2. The summed E-state index contributed by atoms with van der Waals surface area (Å²) in [5, 5.41) is 0. The van der Waals surface area contributed by atoms with Crippen molar-refractivity contribution in [1.29, 1.82) is 0 Å². The van der Waals surface area contributed by atoms with Crippen LogP contribution in [0.25, 0.3) is 0 Å². The van der Waals surface area contributed by atoms with Gasteiger partial charge in [-0.15, -0.1) is 0 Å². The monoisotopic (exact) mass is 450 g/mol. The van der Waals surface area contributed by atoms with Gasteiger partial charge in [0.25, 0.3) is 0 Å². The minimum Gasteiger partial charge on any atom is -0.340 e. The Morgan fingerprint density at radius 1 is 0.697 bits per heavy atom. The molecule has 1 fully saturated rings. The van der Waals surface area contributed by atoms with Gasteiger partial charge in [0.15, 0.2) is 0 Å². The minimum atomic E-state index is 0.140. The van der Waals surface area contributed by atoms with Gasteiger partial charge < -0.3 is 9.80 Å². The largest absolute Gasteiger partial charge is 0.340 e. The average Bonchev–Trinajstić information content (AvgIpc) is 3.01. The topological polar surface area (TPSA) is 47.1 Å². The molecule has 0 unspecified atom stereocenters. The van der Waals surface area contributed by atoms with Gasteiger partial charge in [-0.2, -0.15) is 0 Å². The number of likely N-dealkylation sites (N-methyl/N-ethyl adjacent to an activating group) is 2. The lowest BCUT2D eigenvalue weighted by atomic mass is 10.1. The molecule has 6 heteroatoms. The van der Waals surface area contributed by atoms with E-state index in [1.165, 1.54) is 22.3 Å². The van der Waals surface area contributed by atoms with Crippen molar-refractivity contribution in [2.75, 3.05) is 53.4 Å². The van der Waals surface area contributed by atoms with Crippen LogP contribution in [0.2, 0.25) is 0 Å². The van der Waals surface area contributed by atoms with E-state index in [2.05, 4.69) is 47.9 Å². The molecule has 2 aromatic carbocycles. The standard InChI is InChI=1S/C27H38N4O2/c1-22-10-5-7-12-24(22)18-28(3)26(32)20-30-14-9-15-31(17-16-30)21-27(33)29(4)19-25-13-8-6-11-23(25)2/h5-8,10-13H,9,14-21H2,1-4H3. The van der Waals surface area contributed by atoms with Crippen LogP contribution in [0.5, 0.6) is 0 Å². The fourth-order valence-corrected chi connectivity index (χ4v) is 4.23. The van der Waals surface area contributed by atoms with Gasteiger partial charge in [-0.1, -0.05) is 48.5 Å². The molecule has 0 atom stereocenters. The summed E-state index contributed by atoms with van der Waals surface area (Å²) in [7, 11) is 3.75. The van der Waals surface area contributed by atoms with Gasteiger partial charge in [-0.25, -0.2) is 0 Å². The van der Waals surface area contributed by atoms with Crippen LogP contribution in [0, 0.1) is 13.8 Å². The molecule has 2 amide bonds. The molecule has 1 heterocycles. The number of hydrogen-bond donors (Lipinski definition) is 0. The van der Waals surface area contributed by atoms with Gasteiger partial charge in [0.05, 0.1) is 13.1 Å². The normalized spacial score (nSPS) is 15.2. The second-order valence-corrected chi connectivity index (χ2v) is 9.26. The number of aryl methyl sites for hydroxylation is 2. The van der Waals surface area contributed by atoms with Crippen LogP contribution < -0.4 is 0 Å². The first-order valence-electron chi connectivity index (χ1n) is 11.8. The van der Waals surface area contributed by atoms with E-state index in [4.69, 9.17) is 0 Å². The molecule has 0 radical (unpaired) electrons. The Hall–Kier alpha value is -2.70. The predicted octanol–water partition coefficient (Wildman–Crippen LogP) is 2.93. The average molecular weight is 451 g/mol. The van der Waals surface area contributed by atoms with E-state index >= 15 is 0 Å². The van der Waals surface area contributed by atoms with Crippen molar-refractivity contribution in [3.63, 3.8) is 0 Å². The van der Waals surface area contributed by atoms with Gasteiger partial charge in [0, 0.05) is 40.3 Å². The summed E-state index contributed by atoms with van der Waals surface area (Å²) >= 11 is 0. The molecule has 3 rings (SSSR count). The molecule has 0 bridgehead atoms. The van der Waals surface area contributed by atoms with Gasteiger partial charge >= 0.3 is 0 Å². The summed E-state index contributed by atoms with van der Waals surface area (Å²) in [4.78, 5) is 33.7. The van der Waals surface area contributed by atoms with Crippen LogP contribution in [0.15, 0.2) is 48.5 Å². The van der Waals surface area contributed by atoms with E-state index in [0.29, 0.717) is 26.2 Å². The second kappa shape index (κ2) is 12.0. The highest BCUT2D eigenvalue weighted by molar-refractivity contribution is 5.78. The maximum Gasteiger partial charge on any atom is 0.236 e. The van der Waals surface area contributed by atoms with Crippen molar-refractivity contribution in [3.8, 4) is 0 Å². The van der Waals surface area contributed by atoms with E-state index in [0.717, 1.165) is 32.6 Å². The van der Waals surface area contributed by atoms with Crippen LogP contribution in [0.1, 0.15) is 28.7 Å². The first-order valence-corrected chi connectivity index (χ1v) is 11.8. The van der Waals surface area contributed by atoms with Crippen LogP contribution in [-0.4, -0.2) is 84.8 Å². The van der Waals surface area contributed by atoms with E-state index in [1.807, 2.05) is 48.2 Å². The fourth-order valence-electron chi connectivity index (χ4n) is 4.23. The Balaban J connectivity index is 1.45. The first kappa shape index (κ1) is 24.9. The van der Waals surface area contributed by atoms with Crippen molar-refractivity contribution < 1.29 is 9.59 Å². The summed E-state index contributed by atoms with van der Waals surface area (Å²) in [5.74, 6) is 0.279. The van der Waals surface area contributed by atoms with E-state index in [9.17, 15) is 9.59 Å². The highest BCUT2D eigenvalue weighted by Crippen LogP contribution is 2.12. The molecule has 6 nitrogen and oxygen atoms in total. The Morgan fingerprint density at radius 3 is 1.48 bits per heavy atom. The molecule has 2 aromatic rings. The van der Waals surface area contributed by atoms with E-state index in [1.54, 1.807) is 0 Å². The van der Waals surface area contributed by atoms with Crippen LogP contribution in [-0.2, 0) is 22.7 Å². The van der Waals surface area contributed by atoms with Crippen molar-refractivity contribution in [2.45, 2.75) is 33.4 Å². The molecule has 0 saturated carbocycles. The maximum absolute atomic E-state index is 12.8. The number of nitrogens with zero attached hydrogens (tertiary/aromatic N) is 4. The van der Waals surface area contributed by atoms with Crippen LogP contribution >= 0.6 is 0 Å². The second-order valence-electron chi connectivity index (χ2n) is 9.26. The molecule has 178 valence electrons. The zero-order valence-corrected chi connectivity index (χ0v) is 20.6. The number of benzene rings is 2. The molecule has 0 aromatic heterocycles. The minimum absolute atomic E-state index is 0.140. The molecule has 1 aliphatic rings. The van der Waals surface area contributed by atoms with Gasteiger partial charge in [-0.05, 0) is 55.6 Å². The number of carbonyl (C=O) groups is 2. The van der Waals surface area contributed by atoms with Gasteiger partial charge in [0.1, 0.15) is 0 Å². The van der Waals surface area contributed by atoms with Crippen LogP contribution in [0.4, 0.5) is 0 Å². The molecule has 0 N–H and O–H groups in total. The third-order valence-corrected chi connectivity index (χ3v) is 6.59. The molecule has 0 aliphatic carbocycles. The summed E-state index contributed by atoms with van der Waals surface area (Å²) in [6.45, 7) is 9.65. The van der Waals surface area contributed by atoms with Crippen molar-refractivity contribution in [1.82, 2.24) is 19.6 Å². The third-order valence-electron chi connectivity index (χ3n) is 6.59. The Labute approximate surface area is 198 Å². The van der Waals surface area contributed by atoms with E-state index < -0.39 is 0 Å². The lowest BCUT2D eigenvalue weighted by Crippen LogP contribution is -2.41. The summed E-state index contributed by atoms with van der Waals surface area (Å²) < 4.78 is 0. The molecule has 33 heavy (non-hydrogen) atoms. The lowest BCUT2D eigenvalue weighted by molar-refractivity contribution is -0.132. The number of rotatable bonds is 8. The Bertz CT molecular complexity index is 870. The highest BCUT2D eigenvalue weighted by Gasteiger charge is 2.21. The third kappa shape index (κ3) is 7.41. The highest BCUT2D eigenvalue weighted by atomic mass is 16.2. The Morgan fingerprint density at radius 2 is 1.09 bits per heavy atom. The SMILES string of the molecule is Cc1ccccc1CN(C)C(=O)CN1CCCN(CC(=O)N(C)Cc2ccccc2C)CC1. The summed E-state index contributed by atoms with van der Waals surface area (Å²) in [6, 6.07) is 16.4. The number of hydrogen-bond acceptors (Lipinski definition) is 4. The maximum atomic E-state index is 12.8. The molecule has 1 saturated heterocycles. The molecule has 0 spiro atoms. The zero-order chi connectivity index (χ0) is 23.8. The smallest absolute Gasteiger partial charge is 0.236 e. The lowest BCUT2D eigenvalue weighted by Gasteiger charge is -2.25.